The minimum Gasteiger partial charge on any atom is -0.384 e. The summed E-state index contributed by atoms with van der Waals surface area (Å²) in [5, 5.41) is 3.41. The van der Waals surface area contributed by atoms with Gasteiger partial charge in [-0.15, -0.1) is 0 Å². The number of ether oxygens (including phenoxy) is 1. The van der Waals surface area contributed by atoms with Crippen LogP contribution in [-0.2, 0) is 4.74 Å². The van der Waals surface area contributed by atoms with Gasteiger partial charge in [-0.1, -0.05) is 30.3 Å². The predicted octanol–water partition coefficient (Wildman–Crippen LogP) is 3.35. The molecular weight excluding hydrogens is 322 g/mol. The third-order valence-electron chi connectivity index (χ3n) is 5.16. The number of rotatable bonds is 8. The number of nitrogens with zero attached hydrogens (tertiary/aromatic N) is 2. The number of likely N-dealkylation sites (N-methyl/N-ethyl adjacent to an activating group) is 1. The summed E-state index contributed by atoms with van der Waals surface area (Å²) >= 11 is 0. The molecule has 26 heavy (non-hydrogen) atoms. The number of methoxy groups -OCH3 is 1. The maximum atomic E-state index is 5.50. The lowest BCUT2D eigenvalue weighted by molar-refractivity contribution is 0.180. The van der Waals surface area contributed by atoms with Crippen LogP contribution in [0.4, 0.5) is 11.4 Å². The quantitative estimate of drug-likeness (QED) is 0.788. The van der Waals surface area contributed by atoms with Crippen molar-refractivity contribution in [2.24, 2.45) is 0 Å². The van der Waals surface area contributed by atoms with E-state index in [1.54, 1.807) is 7.11 Å². The van der Waals surface area contributed by atoms with Crippen molar-refractivity contribution < 1.29 is 4.74 Å². The molecule has 0 bridgehead atoms. The third-order valence-corrected chi connectivity index (χ3v) is 5.16. The Balaban J connectivity index is 1.70. The predicted molar refractivity (Wildman–Crippen MR) is 110 cm³/mol. The van der Waals surface area contributed by atoms with Gasteiger partial charge in [0.05, 0.1) is 6.61 Å². The molecule has 1 aliphatic rings. The molecule has 4 heteroatoms. The zero-order chi connectivity index (χ0) is 18.2. The Kier molecular flexibility index (Phi) is 6.92. The largest absolute Gasteiger partial charge is 0.384 e. The second kappa shape index (κ2) is 9.60. The standard InChI is InChI=1S/C22H31N3O/c1-3-24(17-20(18-26-2)19-7-5-4-6-8-19)21-9-11-22(12-10-21)25-15-13-23-14-16-25/h4-12,20,23H,3,13-18H2,1-2H3. The molecule has 0 radical (unpaired) electrons. The molecule has 0 aromatic heterocycles. The van der Waals surface area contributed by atoms with E-state index in [1.807, 2.05) is 0 Å². The van der Waals surface area contributed by atoms with E-state index >= 15 is 0 Å². The van der Waals surface area contributed by atoms with Crippen LogP contribution < -0.4 is 15.1 Å². The average molecular weight is 354 g/mol. The van der Waals surface area contributed by atoms with Crippen LogP contribution in [0, 0.1) is 0 Å². The van der Waals surface area contributed by atoms with E-state index in [0.717, 1.165) is 45.9 Å². The molecule has 3 rings (SSSR count). The Bertz CT molecular complexity index is 638. The number of hydrogen-bond donors (Lipinski definition) is 1. The topological polar surface area (TPSA) is 27.7 Å². The summed E-state index contributed by atoms with van der Waals surface area (Å²) in [4.78, 5) is 4.90. The first-order valence-corrected chi connectivity index (χ1v) is 9.66. The van der Waals surface area contributed by atoms with Gasteiger partial charge in [-0.05, 0) is 36.8 Å². The van der Waals surface area contributed by atoms with Gasteiger partial charge in [-0.25, -0.2) is 0 Å². The van der Waals surface area contributed by atoms with Crippen molar-refractivity contribution in [1.29, 1.82) is 0 Å². The zero-order valence-electron chi connectivity index (χ0n) is 16.0. The Labute approximate surface area is 157 Å². The van der Waals surface area contributed by atoms with E-state index in [1.165, 1.54) is 16.9 Å². The van der Waals surface area contributed by atoms with E-state index in [4.69, 9.17) is 4.74 Å². The first kappa shape index (κ1) is 18.7. The molecule has 0 aliphatic carbocycles. The fourth-order valence-electron chi connectivity index (χ4n) is 3.66. The van der Waals surface area contributed by atoms with Gasteiger partial charge in [0.25, 0.3) is 0 Å². The summed E-state index contributed by atoms with van der Waals surface area (Å²) in [6.45, 7) is 9.21. The van der Waals surface area contributed by atoms with Gasteiger partial charge >= 0.3 is 0 Å². The number of anilines is 2. The van der Waals surface area contributed by atoms with Gasteiger partial charge < -0.3 is 19.9 Å². The van der Waals surface area contributed by atoms with Crippen molar-refractivity contribution in [3.05, 3.63) is 60.2 Å². The molecule has 0 saturated carbocycles. The number of nitrogens with one attached hydrogen (secondary N) is 1. The van der Waals surface area contributed by atoms with Crippen LogP contribution in [0.5, 0.6) is 0 Å². The smallest absolute Gasteiger partial charge is 0.0547 e. The summed E-state index contributed by atoms with van der Waals surface area (Å²) < 4.78 is 5.50. The Morgan fingerprint density at radius 1 is 1.04 bits per heavy atom. The lowest BCUT2D eigenvalue weighted by atomic mass is 9.99. The Hall–Kier alpha value is -2.04. The zero-order valence-corrected chi connectivity index (χ0v) is 16.0. The normalized spacial score (nSPS) is 15.7. The van der Waals surface area contributed by atoms with Crippen molar-refractivity contribution in [3.8, 4) is 0 Å². The van der Waals surface area contributed by atoms with E-state index in [2.05, 4.69) is 76.6 Å². The van der Waals surface area contributed by atoms with Gasteiger partial charge in [0, 0.05) is 63.7 Å². The molecule has 2 aromatic carbocycles. The van der Waals surface area contributed by atoms with Crippen LogP contribution in [0.1, 0.15) is 18.4 Å². The van der Waals surface area contributed by atoms with Crippen molar-refractivity contribution in [2.75, 3.05) is 62.8 Å². The molecule has 1 aliphatic heterocycles. The molecule has 0 amide bonds. The lowest BCUT2D eigenvalue weighted by Gasteiger charge is -2.31. The van der Waals surface area contributed by atoms with Crippen LogP contribution in [0.2, 0.25) is 0 Å². The highest BCUT2D eigenvalue weighted by atomic mass is 16.5. The molecule has 1 saturated heterocycles. The molecule has 1 heterocycles. The van der Waals surface area contributed by atoms with E-state index in [9.17, 15) is 0 Å². The summed E-state index contributed by atoms with van der Waals surface area (Å²) in [7, 11) is 1.79. The van der Waals surface area contributed by atoms with Crippen LogP contribution in [0.3, 0.4) is 0 Å². The number of piperazine rings is 1. The van der Waals surface area contributed by atoms with Gasteiger partial charge in [-0.2, -0.15) is 0 Å². The molecule has 1 N–H and O–H groups in total. The fraction of sp³-hybridized carbons (Fsp3) is 0.455. The van der Waals surface area contributed by atoms with Gasteiger partial charge in [0.1, 0.15) is 0 Å². The van der Waals surface area contributed by atoms with Crippen molar-refractivity contribution in [1.82, 2.24) is 5.32 Å². The maximum absolute atomic E-state index is 5.50. The van der Waals surface area contributed by atoms with E-state index < -0.39 is 0 Å². The van der Waals surface area contributed by atoms with Crippen molar-refractivity contribution in [2.45, 2.75) is 12.8 Å². The minimum atomic E-state index is 0.369. The number of hydrogen-bond acceptors (Lipinski definition) is 4. The highest BCUT2D eigenvalue weighted by molar-refractivity contribution is 5.57. The molecule has 1 unspecified atom stereocenters. The van der Waals surface area contributed by atoms with Crippen LogP contribution in [0.25, 0.3) is 0 Å². The van der Waals surface area contributed by atoms with Gasteiger partial charge in [0.15, 0.2) is 0 Å². The highest BCUT2D eigenvalue weighted by Gasteiger charge is 2.16. The molecule has 1 fully saturated rings. The Morgan fingerprint density at radius 2 is 1.73 bits per heavy atom. The van der Waals surface area contributed by atoms with E-state index in [0.29, 0.717) is 5.92 Å². The van der Waals surface area contributed by atoms with Crippen LogP contribution >= 0.6 is 0 Å². The van der Waals surface area contributed by atoms with Crippen molar-refractivity contribution >= 4 is 11.4 Å². The fourth-order valence-corrected chi connectivity index (χ4v) is 3.66. The molecule has 0 spiro atoms. The molecule has 2 aromatic rings. The highest BCUT2D eigenvalue weighted by Crippen LogP contribution is 2.24. The molecule has 140 valence electrons. The molecular formula is C22H31N3O. The van der Waals surface area contributed by atoms with Crippen LogP contribution in [0.15, 0.2) is 54.6 Å². The van der Waals surface area contributed by atoms with Gasteiger partial charge in [-0.3, -0.25) is 0 Å². The summed E-state index contributed by atoms with van der Waals surface area (Å²) in [5.41, 5.74) is 3.94. The van der Waals surface area contributed by atoms with Crippen LogP contribution in [-0.4, -0.2) is 53.0 Å². The minimum absolute atomic E-state index is 0.369. The monoisotopic (exact) mass is 353 g/mol. The second-order valence-corrected chi connectivity index (χ2v) is 6.86. The second-order valence-electron chi connectivity index (χ2n) is 6.86. The SMILES string of the molecule is CCN(CC(COC)c1ccccc1)c1ccc(N2CCNCC2)cc1. The molecule has 4 nitrogen and oxygen atoms in total. The van der Waals surface area contributed by atoms with Crippen molar-refractivity contribution in [3.63, 3.8) is 0 Å². The third kappa shape index (κ3) is 4.77. The summed E-state index contributed by atoms with van der Waals surface area (Å²) in [6, 6.07) is 19.7. The summed E-state index contributed by atoms with van der Waals surface area (Å²) in [5.74, 6) is 0.369. The van der Waals surface area contributed by atoms with E-state index in [-0.39, 0.29) is 0 Å². The first-order chi connectivity index (χ1) is 12.8. The first-order valence-electron chi connectivity index (χ1n) is 9.66. The Morgan fingerprint density at radius 3 is 2.35 bits per heavy atom. The summed E-state index contributed by atoms with van der Waals surface area (Å²) in [6.07, 6.45) is 0. The average Bonchev–Trinajstić information content (AvgIpc) is 2.72. The lowest BCUT2D eigenvalue weighted by Crippen LogP contribution is -2.43. The maximum Gasteiger partial charge on any atom is 0.0547 e. The van der Waals surface area contributed by atoms with Gasteiger partial charge in [0.2, 0.25) is 0 Å². The molecule has 1 atom stereocenters. The number of benzene rings is 2.